The van der Waals surface area contributed by atoms with Gasteiger partial charge in [0.05, 0.1) is 5.60 Å². The summed E-state index contributed by atoms with van der Waals surface area (Å²) in [4.78, 5) is 2.49. The van der Waals surface area contributed by atoms with Crippen molar-refractivity contribution in [3.8, 4) is 0 Å². The molecule has 1 saturated carbocycles. The van der Waals surface area contributed by atoms with E-state index in [1.165, 1.54) is 0 Å². The van der Waals surface area contributed by atoms with Crippen molar-refractivity contribution in [2.45, 2.75) is 50.3 Å². The van der Waals surface area contributed by atoms with Gasteiger partial charge in [-0.1, -0.05) is 0 Å². The minimum atomic E-state index is -0.414. The Morgan fingerprint density at radius 2 is 1.85 bits per heavy atom. The predicted octanol–water partition coefficient (Wildman–Crippen LogP) is 0.323. The van der Waals surface area contributed by atoms with Gasteiger partial charge in [-0.15, -0.1) is 0 Å². The molecule has 3 N–H and O–H groups in total. The van der Waals surface area contributed by atoms with Crippen LogP contribution in [0.4, 0.5) is 0 Å². The number of nitrogens with two attached hydrogens (primary N) is 1. The lowest BCUT2D eigenvalue weighted by Crippen LogP contribution is -2.54. The molecule has 0 aromatic heterocycles. The highest BCUT2D eigenvalue weighted by Gasteiger charge is 2.35. The van der Waals surface area contributed by atoms with Gasteiger partial charge >= 0.3 is 0 Å². The first-order valence-electron chi connectivity index (χ1n) is 5.29. The van der Waals surface area contributed by atoms with Crippen LogP contribution in [-0.4, -0.2) is 40.8 Å². The van der Waals surface area contributed by atoms with Crippen molar-refractivity contribution in [2.75, 3.05) is 13.1 Å². The Balaban J connectivity index is 1.79. The van der Waals surface area contributed by atoms with Crippen LogP contribution in [0.3, 0.4) is 0 Å². The van der Waals surface area contributed by atoms with Gasteiger partial charge in [0, 0.05) is 25.2 Å². The van der Waals surface area contributed by atoms with E-state index in [0.29, 0.717) is 12.1 Å². The van der Waals surface area contributed by atoms with Crippen LogP contribution in [0.25, 0.3) is 0 Å². The molecule has 13 heavy (non-hydrogen) atoms. The number of likely N-dealkylation sites (tertiary alicyclic amines) is 1. The predicted molar refractivity (Wildman–Crippen MR) is 52.4 cm³/mol. The van der Waals surface area contributed by atoms with Crippen molar-refractivity contribution in [3.05, 3.63) is 0 Å². The second kappa shape index (κ2) is 3.23. The van der Waals surface area contributed by atoms with Gasteiger partial charge in [-0.3, -0.25) is 0 Å². The van der Waals surface area contributed by atoms with E-state index in [4.69, 9.17) is 5.73 Å². The molecule has 1 aliphatic heterocycles. The third kappa shape index (κ3) is 2.03. The normalized spacial score (nSPS) is 39.9. The Morgan fingerprint density at radius 1 is 1.31 bits per heavy atom. The largest absolute Gasteiger partial charge is 0.390 e. The Bertz CT molecular complexity index is 177. The van der Waals surface area contributed by atoms with E-state index in [1.54, 1.807) is 0 Å². The third-order valence-electron chi connectivity index (χ3n) is 3.54. The molecule has 1 heterocycles. The van der Waals surface area contributed by atoms with Crippen molar-refractivity contribution in [3.63, 3.8) is 0 Å². The van der Waals surface area contributed by atoms with Crippen LogP contribution in [0.15, 0.2) is 0 Å². The molecule has 1 aliphatic carbocycles. The molecule has 2 aliphatic rings. The average molecular weight is 184 g/mol. The highest BCUT2D eigenvalue weighted by molar-refractivity contribution is 4.93. The number of piperidine rings is 1. The maximum Gasteiger partial charge on any atom is 0.0644 e. The first-order valence-corrected chi connectivity index (χ1v) is 5.29. The smallest absolute Gasteiger partial charge is 0.0644 e. The Kier molecular flexibility index (Phi) is 2.34. The van der Waals surface area contributed by atoms with Gasteiger partial charge in [0.1, 0.15) is 0 Å². The zero-order valence-electron chi connectivity index (χ0n) is 8.37. The fourth-order valence-corrected chi connectivity index (χ4v) is 2.30. The maximum atomic E-state index is 9.77. The molecule has 0 unspecified atom stereocenters. The lowest BCUT2D eigenvalue weighted by atomic mass is 9.83. The van der Waals surface area contributed by atoms with Crippen molar-refractivity contribution in [1.29, 1.82) is 0 Å². The van der Waals surface area contributed by atoms with Gasteiger partial charge in [-0.2, -0.15) is 0 Å². The van der Waals surface area contributed by atoms with Crippen LogP contribution in [-0.2, 0) is 0 Å². The van der Waals surface area contributed by atoms with Crippen LogP contribution in [0.1, 0.15) is 32.6 Å². The average Bonchev–Trinajstić information content (AvgIpc) is 2.00. The van der Waals surface area contributed by atoms with Crippen LogP contribution >= 0.6 is 0 Å². The van der Waals surface area contributed by atoms with Crippen molar-refractivity contribution < 1.29 is 5.11 Å². The van der Waals surface area contributed by atoms with Crippen LogP contribution in [0.5, 0.6) is 0 Å². The van der Waals surface area contributed by atoms with Crippen LogP contribution in [0, 0.1) is 0 Å². The monoisotopic (exact) mass is 184 g/mol. The number of rotatable bonds is 1. The number of hydrogen-bond acceptors (Lipinski definition) is 3. The summed E-state index contributed by atoms with van der Waals surface area (Å²) < 4.78 is 0. The van der Waals surface area contributed by atoms with E-state index in [1.807, 2.05) is 6.92 Å². The second-order valence-electron chi connectivity index (χ2n) is 4.92. The van der Waals surface area contributed by atoms with Gasteiger partial charge in [-0.05, 0) is 32.6 Å². The summed E-state index contributed by atoms with van der Waals surface area (Å²) in [5.41, 5.74) is 5.34. The minimum absolute atomic E-state index is 0.414. The van der Waals surface area contributed by atoms with Crippen molar-refractivity contribution in [2.24, 2.45) is 5.73 Å². The third-order valence-corrected chi connectivity index (χ3v) is 3.54. The maximum absolute atomic E-state index is 9.77. The number of hydrogen-bond donors (Lipinski definition) is 2. The molecule has 0 atom stereocenters. The number of nitrogens with zero attached hydrogens (tertiary/aromatic N) is 1. The summed E-state index contributed by atoms with van der Waals surface area (Å²) in [6.07, 6.45) is 4.14. The summed E-state index contributed by atoms with van der Waals surface area (Å²) >= 11 is 0. The molecule has 0 aromatic carbocycles. The molecule has 3 nitrogen and oxygen atoms in total. The summed E-state index contributed by atoms with van der Waals surface area (Å²) in [7, 11) is 0. The van der Waals surface area contributed by atoms with Crippen molar-refractivity contribution in [1.82, 2.24) is 4.90 Å². The van der Waals surface area contributed by atoms with Gasteiger partial charge in [-0.25, -0.2) is 0 Å². The molecule has 0 spiro atoms. The Hall–Kier alpha value is -0.120. The van der Waals surface area contributed by atoms with E-state index >= 15 is 0 Å². The highest BCUT2D eigenvalue weighted by atomic mass is 16.3. The first-order chi connectivity index (χ1) is 6.07. The second-order valence-corrected chi connectivity index (χ2v) is 4.92. The van der Waals surface area contributed by atoms with E-state index in [-0.39, 0.29) is 0 Å². The van der Waals surface area contributed by atoms with Gasteiger partial charge in [0.15, 0.2) is 0 Å². The molecule has 0 radical (unpaired) electrons. The molecule has 0 aromatic rings. The SMILES string of the molecule is CC1(O)CCN(C2CC(N)C2)CC1. The zero-order valence-corrected chi connectivity index (χ0v) is 8.37. The quantitative estimate of drug-likeness (QED) is 0.617. The number of aliphatic hydroxyl groups is 1. The van der Waals surface area contributed by atoms with E-state index in [9.17, 15) is 5.11 Å². The lowest BCUT2D eigenvalue weighted by molar-refractivity contribution is -0.0292. The molecule has 3 heteroatoms. The molecule has 2 fully saturated rings. The summed E-state index contributed by atoms with van der Waals surface area (Å²) in [5, 5.41) is 9.77. The van der Waals surface area contributed by atoms with Crippen molar-refractivity contribution >= 4 is 0 Å². The Labute approximate surface area is 79.9 Å². The van der Waals surface area contributed by atoms with E-state index < -0.39 is 5.60 Å². The van der Waals surface area contributed by atoms with E-state index in [0.717, 1.165) is 38.8 Å². The van der Waals surface area contributed by atoms with Gasteiger partial charge in [0.25, 0.3) is 0 Å². The van der Waals surface area contributed by atoms with Crippen LogP contribution in [0.2, 0.25) is 0 Å². The van der Waals surface area contributed by atoms with Crippen LogP contribution < -0.4 is 5.73 Å². The molecule has 0 bridgehead atoms. The molecule has 2 rings (SSSR count). The molecule has 0 amide bonds. The summed E-state index contributed by atoms with van der Waals surface area (Å²) in [5.74, 6) is 0. The zero-order chi connectivity index (χ0) is 9.47. The standard InChI is InChI=1S/C10H20N2O/c1-10(13)2-4-12(5-3-10)9-6-8(11)7-9/h8-9,13H,2-7,11H2,1H3. The summed E-state index contributed by atoms with van der Waals surface area (Å²) in [6, 6.07) is 1.15. The highest BCUT2D eigenvalue weighted by Crippen LogP contribution is 2.29. The Morgan fingerprint density at radius 3 is 2.31 bits per heavy atom. The molecule has 76 valence electrons. The topological polar surface area (TPSA) is 49.5 Å². The fraction of sp³-hybridized carbons (Fsp3) is 1.00. The van der Waals surface area contributed by atoms with E-state index in [2.05, 4.69) is 4.90 Å². The summed E-state index contributed by atoms with van der Waals surface area (Å²) in [6.45, 7) is 4.03. The van der Waals surface area contributed by atoms with Gasteiger partial charge < -0.3 is 15.7 Å². The molecular weight excluding hydrogens is 164 g/mol. The molecule has 1 saturated heterocycles. The first kappa shape index (κ1) is 9.44. The lowest BCUT2D eigenvalue weighted by Gasteiger charge is -2.46. The fourth-order valence-electron chi connectivity index (χ4n) is 2.30. The molecular formula is C10H20N2O. The minimum Gasteiger partial charge on any atom is -0.390 e. The van der Waals surface area contributed by atoms with Gasteiger partial charge in [0.2, 0.25) is 0 Å².